The molecule has 1 saturated heterocycles. The minimum absolute atomic E-state index is 0.0682. The standard InChI is InChI=1S/C35H48O9Si/c1-9-45(10-2,11-3)44-24-19-25-34(20-41-25,43-22(5)36)28-30(42-31(39)23-15-13-12-14-16-23)35(40)18-17-21(4)26(32(35,6)7)27(37)29(38)33(24,28)8/h12-16,24-25,28,30,40H,9-11,17-20H2,1-8H3/t24-,25+,28?,30-,33+,34-,35+/m0/s1. The van der Waals surface area contributed by atoms with Gasteiger partial charge in [0.1, 0.15) is 17.8 Å². The molecule has 1 N–H and O–H groups in total. The van der Waals surface area contributed by atoms with Crippen molar-refractivity contribution in [3.63, 3.8) is 0 Å². The molecule has 4 aliphatic rings. The number of allylic oxidation sites excluding steroid dienone is 1. The molecule has 3 aliphatic carbocycles. The quantitative estimate of drug-likeness (QED) is 0.227. The molecule has 1 heterocycles. The average Bonchev–Trinajstić information content (AvgIpc) is 3.00. The van der Waals surface area contributed by atoms with Gasteiger partial charge in [-0.25, -0.2) is 4.79 Å². The third-order valence-corrected chi connectivity index (χ3v) is 16.6. The highest BCUT2D eigenvalue weighted by Crippen LogP contribution is 2.64. The van der Waals surface area contributed by atoms with Crippen LogP contribution in [0.3, 0.4) is 0 Å². The van der Waals surface area contributed by atoms with E-state index in [4.69, 9.17) is 18.6 Å². The topological polar surface area (TPSA) is 125 Å². The van der Waals surface area contributed by atoms with Crippen molar-refractivity contribution in [3.05, 3.63) is 47.0 Å². The molecular weight excluding hydrogens is 592 g/mol. The number of hydrogen-bond donors (Lipinski definition) is 1. The van der Waals surface area contributed by atoms with Crippen molar-refractivity contribution < 1.29 is 42.9 Å². The Labute approximate surface area is 267 Å². The fraction of sp³-hybridized carbons (Fsp3) is 0.657. The van der Waals surface area contributed by atoms with Gasteiger partial charge >= 0.3 is 11.9 Å². The van der Waals surface area contributed by atoms with Crippen molar-refractivity contribution in [2.75, 3.05) is 6.61 Å². The number of Topliss-reactive ketones (excluding diaryl/α,β-unsaturated/α-hetero) is 2. The summed E-state index contributed by atoms with van der Waals surface area (Å²) in [5, 5.41) is 13.0. The van der Waals surface area contributed by atoms with Crippen molar-refractivity contribution in [1.82, 2.24) is 0 Å². The molecule has 1 unspecified atom stereocenters. The van der Waals surface area contributed by atoms with Crippen LogP contribution in [-0.2, 0) is 33.0 Å². The van der Waals surface area contributed by atoms with Crippen LogP contribution in [-0.4, -0.2) is 73.0 Å². The van der Waals surface area contributed by atoms with Crippen LogP contribution in [0.2, 0.25) is 18.1 Å². The van der Waals surface area contributed by atoms with E-state index in [9.17, 15) is 19.5 Å². The van der Waals surface area contributed by atoms with Crippen LogP contribution in [0.4, 0.5) is 0 Å². The van der Waals surface area contributed by atoms with E-state index in [0.29, 0.717) is 6.42 Å². The maximum absolute atomic E-state index is 15.0. The summed E-state index contributed by atoms with van der Waals surface area (Å²) in [4.78, 5) is 56.3. The predicted octanol–water partition coefficient (Wildman–Crippen LogP) is 5.35. The van der Waals surface area contributed by atoms with E-state index in [1.807, 2.05) is 6.92 Å². The zero-order chi connectivity index (χ0) is 33.2. The molecular formula is C35H48O9Si. The predicted molar refractivity (Wildman–Crippen MR) is 169 cm³/mol. The monoisotopic (exact) mass is 640 g/mol. The Morgan fingerprint density at radius 3 is 2.20 bits per heavy atom. The molecule has 2 bridgehead atoms. The minimum Gasteiger partial charge on any atom is -0.455 e. The molecule has 0 radical (unpaired) electrons. The second-order valence-corrected chi connectivity index (χ2v) is 19.0. The van der Waals surface area contributed by atoms with Gasteiger partial charge in [0.25, 0.3) is 0 Å². The number of carbonyl (C=O) groups excluding carboxylic acids is 4. The van der Waals surface area contributed by atoms with Crippen molar-refractivity contribution in [2.45, 2.75) is 122 Å². The Hall–Kier alpha value is -2.66. The molecule has 9 nitrogen and oxygen atoms in total. The number of ketones is 2. The molecule has 5 rings (SSSR count). The number of carbonyl (C=O) groups is 4. The van der Waals surface area contributed by atoms with Gasteiger partial charge in [0, 0.05) is 24.3 Å². The lowest BCUT2D eigenvalue weighted by Gasteiger charge is -2.67. The smallest absolute Gasteiger partial charge is 0.338 e. The summed E-state index contributed by atoms with van der Waals surface area (Å²) in [6, 6.07) is 10.9. The van der Waals surface area contributed by atoms with E-state index in [2.05, 4.69) is 20.8 Å². The number of aliphatic hydroxyl groups is 1. The van der Waals surface area contributed by atoms with E-state index < -0.39 is 78.1 Å². The molecule has 45 heavy (non-hydrogen) atoms. The molecule has 10 heteroatoms. The summed E-state index contributed by atoms with van der Waals surface area (Å²) >= 11 is 0. The number of esters is 2. The number of hydrogen-bond acceptors (Lipinski definition) is 9. The highest BCUT2D eigenvalue weighted by Gasteiger charge is 2.78. The SMILES string of the molecule is CC[Si](CC)(CC)O[C@H]1C[C@H]2OC[C@@]2(OC(C)=O)C2[C@H](OC(=O)c3ccccc3)[C@]3(O)CCC(C)=C(C(=O)C(=O)[C@@]21C)C3(C)C. The lowest BCUT2D eigenvalue weighted by atomic mass is 9.45. The van der Waals surface area contributed by atoms with Crippen LogP contribution in [0.15, 0.2) is 41.5 Å². The Bertz CT molecular complexity index is 1410. The lowest BCUT2D eigenvalue weighted by molar-refractivity contribution is -0.341. The summed E-state index contributed by atoms with van der Waals surface area (Å²) < 4.78 is 25.8. The van der Waals surface area contributed by atoms with Crippen molar-refractivity contribution >= 4 is 31.8 Å². The van der Waals surface area contributed by atoms with E-state index in [0.717, 1.165) is 23.7 Å². The number of fused-ring (bicyclic) bond motifs is 5. The molecule has 0 amide bonds. The summed E-state index contributed by atoms with van der Waals surface area (Å²) in [6.45, 7) is 14.5. The van der Waals surface area contributed by atoms with Crippen LogP contribution in [0.5, 0.6) is 0 Å². The second-order valence-electron chi connectivity index (χ2n) is 14.2. The first kappa shape index (κ1) is 33.7. The van der Waals surface area contributed by atoms with E-state index in [1.165, 1.54) is 6.92 Å². The molecule has 3 fully saturated rings. The van der Waals surface area contributed by atoms with Gasteiger partial charge in [0.05, 0.1) is 29.6 Å². The number of ether oxygens (including phenoxy) is 3. The Kier molecular flexibility index (Phi) is 8.64. The van der Waals surface area contributed by atoms with Gasteiger partial charge in [-0.1, -0.05) is 58.4 Å². The van der Waals surface area contributed by atoms with Crippen LogP contribution < -0.4 is 0 Å². The van der Waals surface area contributed by atoms with Gasteiger partial charge in [0.15, 0.2) is 13.9 Å². The van der Waals surface area contributed by atoms with Crippen molar-refractivity contribution in [2.24, 2.45) is 16.7 Å². The average molecular weight is 641 g/mol. The normalized spacial score (nSPS) is 35.8. The van der Waals surface area contributed by atoms with Gasteiger partial charge in [-0.2, -0.15) is 0 Å². The summed E-state index contributed by atoms with van der Waals surface area (Å²) in [7, 11) is -2.40. The highest BCUT2D eigenvalue weighted by molar-refractivity contribution is 6.73. The summed E-state index contributed by atoms with van der Waals surface area (Å²) in [5.41, 5.74) is -4.91. The first-order valence-corrected chi connectivity index (χ1v) is 18.9. The first-order valence-electron chi connectivity index (χ1n) is 16.3. The van der Waals surface area contributed by atoms with Gasteiger partial charge in [-0.15, -0.1) is 0 Å². The Morgan fingerprint density at radius 1 is 1.04 bits per heavy atom. The molecule has 1 aliphatic heterocycles. The molecule has 246 valence electrons. The molecule has 0 aromatic heterocycles. The molecule has 7 atom stereocenters. The third kappa shape index (κ3) is 4.81. The van der Waals surface area contributed by atoms with E-state index in [1.54, 1.807) is 51.1 Å². The number of benzene rings is 1. The van der Waals surface area contributed by atoms with Crippen molar-refractivity contribution in [3.8, 4) is 0 Å². The largest absolute Gasteiger partial charge is 0.455 e. The second kappa shape index (κ2) is 11.5. The lowest BCUT2D eigenvalue weighted by Crippen LogP contribution is -2.81. The fourth-order valence-corrected chi connectivity index (χ4v) is 11.9. The van der Waals surface area contributed by atoms with E-state index in [-0.39, 0.29) is 30.6 Å². The van der Waals surface area contributed by atoms with Crippen LogP contribution in [0, 0.1) is 16.7 Å². The zero-order valence-electron chi connectivity index (χ0n) is 27.9. The Morgan fingerprint density at radius 2 is 1.67 bits per heavy atom. The van der Waals surface area contributed by atoms with Gasteiger partial charge in [-0.3, -0.25) is 14.4 Å². The Balaban J connectivity index is 1.82. The maximum atomic E-state index is 15.0. The van der Waals surface area contributed by atoms with Crippen LogP contribution in [0.25, 0.3) is 0 Å². The van der Waals surface area contributed by atoms with Gasteiger partial charge in [0.2, 0.25) is 11.6 Å². The third-order valence-electron chi connectivity index (χ3n) is 11.9. The van der Waals surface area contributed by atoms with Gasteiger partial charge < -0.3 is 23.7 Å². The molecule has 2 saturated carbocycles. The van der Waals surface area contributed by atoms with Crippen molar-refractivity contribution in [1.29, 1.82) is 0 Å². The molecule has 1 aromatic carbocycles. The summed E-state index contributed by atoms with van der Waals surface area (Å²) in [6.07, 6.45) is -2.13. The number of rotatable bonds is 8. The summed E-state index contributed by atoms with van der Waals surface area (Å²) in [5.74, 6) is -3.76. The molecule has 1 aromatic rings. The zero-order valence-corrected chi connectivity index (χ0v) is 28.9. The van der Waals surface area contributed by atoms with Crippen LogP contribution in [0.1, 0.15) is 85.0 Å². The highest BCUT2D eigenvalue weighted by atomic mass is 28.4. The van der Waals surface area contributed by atoms with Gasteiger partial charge in [-0.05, 0) is 57.0 Å². The minimum atomic E-state index is -2.40. The fourth-order valence-electron chi connectivity index (χ4n) is 8.92. The first-order chi connectivity index (χ1) is 21.1. The van der Waals surface area contributed by atoms with Crippen LogP contribution >= 0.6 is 0 Å². The van der Waals surface area contributed by atoms with E-state index >= 15 is 4.79 Å². The molecule has 0 spiro atoms. The maximum Gasteiger partial charge on any atom is 0.338 e.